The summed E-state index contributed by atoms with van der Waals surface area (Å²) < 4.78 is 69.2. The van der Waals surface area contributed by atoms with Crippen LogP contribution in [0.15, 0.2) is 24.5 Å². The van der Waals surface area contributed by atoms with Crippen LogP contribution in [0.5, 0.6) is 0 Å². The van der Waals surface area contributed by atoms with Crippen molar-refractivity contribution in [3.05, 3.63) is 30.1 Å². The third-order valence-electron chi connectivity index (χ3n) is 5.49. The number of piperidine rings is 1. The number of amides is 2. The third-order valence-corrected chi connectivity index (χ3v) is 5.49. The average Bonchev–Trinajstić information content (AvgIpc) is 3.21. The van der Waals surface area contributed by atoms with Crippen molar-refractivity contribution >= 4 is 18.0 Å². The van der Waals surface area contributed by atoms with E-state index < -0.39 is 24.3 Å². The van der Waals surface area contributed by atoms with Crippen molar-refractivity contribution < 1.29 is 55.7 Å². The van der Waals surface area contributed by atoms with Crippen molar-refractivity contribution in [3.63, 3.8) is 0 Å². The number of alkyl halides is 6. The summed E-state index contributed by atoms with van der Waals surface area (Å²) in [5.41, 5.74) is 1.21. The fourth-order valence-electron chi connectivity index (χ4n) is 3.90. The maximum atomic E-state index is 12.5. The summed E-state index contributed by atoms with van der Waals surface area (Å²) in [7, 11) is 5.43. The molecule has 0 aliphatic carbocycles. The van der Waals surface area contributed by atoms with Gasteiger partial charge in [0.15, 0.2) is 0 Å². The number of likely N-dealkylation sites (tertiary alicyclic amines) is 2. The van der Waals surface area contributed by atoms with Crippen molar-refractivity contribution in [2.24, 2.45) is 5.92 Å². The summed E-state index contributed by atoms with van der Waals surface area (Å²) in [6, 6.07) is 4.42. The van der Waals surface area contributed by atoms with E-state index >= 15 is 0 Å². The van der Waals surface area contributed by atoms with Crippen LogP contribution in [-0.4, -0.2) is 113 Å². The van der Waals surface area contributed by atoms with Crippen molar-refractivity contribution in [2.75, 3.05) is 40.8 Å². The van der Waals surface area contributed by atoms with Gasteiger partial charge in [-0.15, -0.1) is 0 Å². The summed E-state index contributed by atoms with van der Waals surface area (Å²) in [5.74, 6) is -5.13. The molecule has 0 spiro atoms. The lowest BCUT2D eigenvalue weighted by Crippen LogP contribution is -2.55. The minimum absolute atomic E-state index is 0.109. The van der Waals surface area contributed by atoms with Crippen LogP contribution in [0.3, 0.4) is 0 Å². The molecule has 2 aliphatic heterocycles. The minimum atomic E-state index is -5.08. The Bertz CT molecular complexity index is 876. The fourth-order valence-corrected chi connectivity index (χ4v) is 3.90. The lowest BCUT2D eigenvalue weighted by atomic mass is 9.89. The topological polar surface area (TPSA) is 124 Å². The Balaban J connectivity index is 0.000000404. The number of carbonyl (C=O) groups is 3. The zero-order chi connectivity index (χ0) is 28.6. The van der Waals surface area contributed by atoms with E-state index in [1.807, 2.05) is 31.3 Å². The first-order chi connectivity index (χ1) is 17.0. The molecule has 1 aromatic rings. The van der Waals surface area contributed by atoms with Gasteiger partial charge in [0.25, 0.3) is 0 Å². The molecule has 3 rings (SSSR count). The molecule has 0 aromatic carbocycles. The number of urea groups is 1. The molecule has 2 amide bonds. The van der Waals surface area contributed by atoms with Crippen LogP contribution in [0.4, 0.5) is 31.1 Å². The molecular formula is C21H28F6N4O6. The van der Waals surface area contributed by atoms with Crippen LogP contribution in [0.2, 0.25) is 0 Å². The van der Waals surface area contributed by atoms with Gasteiger partial charge in [-0.2, -0.15) is 26.3 Å². The van der Waals surface area contributed by atoms with Gasteiger partial charge in [-0.3, -0.25) is 9.88 Å². The molecule has 0 saturated carbocycles. The SMILES string of the molecule is CO[C@H]1CCN(C(=O)N(C)C)[C@@H]2CN(Cc3cccnc3)C[C@H]12.O=C(O)C(F)(F)F.O=C(O)C(F)(F)F. The maximum Gasteiger partial charge on any atom is 0.490 e. The Hall–Kier alpha value is -3.14. The van der Waals surface area contributed by atoms with Crippen LogP contribution < -0.4 is 0 Å². The monoisotopic (exact) mass is 546 g/mol. The molecule has 1 aromatic heterocycles. The van der Waals surface area contributed by atoms with E-state index in [1.165, 1.54) is 5.56 Å². The molecule has 0 bridgehead atoms. The lowest BCUT2D eigenvalue weighted by molar-refractivity contribution is -0.193. The van der Waals surface area contributed by atoms with Crippen LogP contribution >= 0.6 is 0 Å². The van der Waals surface area contributed by atoms with Crippen molar-refractivity contribution in [1.29, 1.82) is 0 Å². The molecule has 2 saturated heterocycles. The van der Waals surface area contributed by atoms with Crippen molar-refractivity contribution in [2.45, 2.75) is 37.5 Å². The maximum absolute atomic E-state index is 12.5. The molecule has 16 heteroatoms. The second-order valence-corrected chi connectivity index (χ2v) is 8.33. The summed E-state index contributed by atoms with van der Waals surface area (Å²) >= 11 is 0. The zero-order valence-electron chi connectivity index (χ0n) is 20.2. The van der Waals surface area contributed by atoms with Gasteiger partial charge in [0.2, 0.25) is 0 Å². The number of methoxy groups -OCH3 is 1. The third kappa shape index (κ3) is 10.0. The predicted molar refractivity (Wildman–Crippen MR) is 115 cm³/mol. The number of rotatable bonds is 3. The van der Waals surface area contributed by atoms with Gasteiger partial charge >= 0.3 is 30.3 Å². The zero-order valence-corrected chi connectivity index (χ0v) is 20.2. The fraction of sp³-hybridized carbons (Fsp3) is 0.619. The van der Waals surface area contributed by atoms with E-state index in [4.69, 9.17) is 24.5 Å². The number of aliphatic carboxylic acids is 2. The second-order valence-electron chi connectivity index (χ2n) is 8.33. The van der Waals surface area contributed by atoms with Gasteiger partial charge in [-0.05, 0) is 18.1 Å². The summed E-state index contributed by atoms with van der Waals surface area (Å²) in [6.45, 7) is 3.52. The quantitative estimate of drug-likeness (QED) is 0.555. The van der Waals surface area contributed by atoms with Gasteiger partial charge in [0.05, 0.1) is 12.1 Å². The van der Waals surface area contributed by atoms with Crippen molar-refractivity contribution in [1.82, 2.24) is 19.7 Å². The highest BCUT2D eigenvalue weighted by molar-refractivity contribution is 5.74. The number of aromatic nitrogens is 1. The van der Waals surface area contributed by atoms with E-state index in [-0.39, 0.29) is 18.2 Å². The van der Waals surface area contributed by atoms with E-state index in [1.54, 1.807) is 18.2 Å². The van der Waals surface area contributed by atoms with Crippen LogP contribution in [0.25, 0.3) is 0 Å². The van der Waals surface area contributed by atoms with E-state index in [2.05, 4.69) is 16.0 Å². The minimum Gasteiger partial charge on any atom is -0.475 e. The summed E-state index contributed by atoms with van der Waals surface area (Å²) in [6.07, 6.45) is -5.30. The normalized spacial score (nSPS) is 21.5. The highest BCUT2D eigenvalue weighted by atomic mass is 19.4. The first kappa shape index (κ1) is 31.9. The number of hydrogen-bond acceptors (Lipinski definition) is 6. The number of carboxylic acids is 2. The van der Waals surface area contributed by atoms with E-state index in [0.29, 0.717) is 5.92 Å². The number of nitrogens with zero attached hydrogens (tertiary/aromatic N) is 4. The number of carboxylic acid groups (broad SMARTS) is 2. The van der Waals surface area contributed by atoms with Crippen LogP contribution in [0.1, 0.15) is 12.0 Å². The molecule has 2 N–H and O–H groups in total. The Labute approximate surface area is 208 Å². The highest BCUT2D eigenvalue weighted by Crippen LogP contribution is 2.33. The van der Waals surface area contributed by atoms with Crippen LogP contribution in [0, 0.1) is 5.92 Å². The first-order valence-electron chi connectivity index (χ1n) is 10.7. The Morgan fingerprint density at radius 1 is 1.08 bits per heavy atom. The van der Waals surface area contributed by atoms with Gasteiger partial charge in [0.1, 0.15) is 0 Å². The van der Waals surface area contributed by atoms with Crippen LogP contribution in [-0.2, 0) is 20.9 Å². The number of ether oxygens (including phenoxy) is 1. The molecular weight excluding hydrogens is 518 g/mol. The highest BCUT2D eigenvalue weighted by Gasteiger charge is 2.46. The van der Waals surface area contributed by atoms with Gasteiger partial charge in [-0.1, -0.05) is 6.07 Å². The smallest absolute Gasteiger partial charge is 0.475 e. The molecule has 37 heavy (non-hydrogen) atoms. The lowest BCUT2D eigenvalue weighted by Gasteiger charge is -2.42. The Morgan fingerprint density at radius 2 is 1.62 bits per heavy atom. The molecule has 3 heterocycles. The number of hydrogen-bond donors (Lipinski definition) is 2. The van der Waals surface area contributed by atoms with Gasteiger partial charge < -0.3 is 24.7 Å². The standard InChI is InChI=1S/C17H26N4O2.2C2HF3O2/c1-19(2)17(22)21-8-6-16(23-3)14-11-20(12-15(14)21)10-13-5-4-7-18-9-13;2*3-2(4,5)1(6)7/h4-5,7,9,14-16H,6,8,10-12H2,1-3H3;2*(H,6,7)/t14-,15+,16-;;/m0../s1. The largest absolute Gasteiger partial charge is 0.490 e. The molecule has 2 aliphatic rings. The molecule has 10 nitrogen and oxygen atoms in total. The molecule has 210 valence electrons. The second kappa shape index (κ2) is 13.4. The molecule has 0 unspecified atom stereocenters. The number of carbonyl (C=O) groups excluding carboxylic acids is 1. The predicted octanol–water partition coefficient (Wildman–Crippen LogP) is 2.55. The Kier molecular flexibility index (Phi) is 11.6. The first-order valence-corrected chi connectivity index (χ1v) is 10.7. The van der Waals surface area contributed by atoms with E-state index in [0.717, 1.165) is 32.6 Å². The van der Waals surface area contributed by atoms with Gasteiger partial charge in [-0.25, -0.2) is 14.4 Å². The number of fused-ring (bicyclic) bond motifs is 1. The molecule has 3 atom stereocenters. The number of halogens is 6. The molecule has 0 radical (unpaired) electrons. The molecule has 2 fully saturated rings. The summed E-state index contributed by atoms with van der Waals surface area (Å²) in [5, 5.41) is 14.2. The van der Waals surface area contributed by atoms with E-state index in [9.17, 15) is 31.1 Å². The average molecular weight is 546 g/mol. The number of pyridine rings is 1. The van der Waals surface area contributed by atoms with Crippen molar-refractivity contribution in [3.8, 4) is 0 Å². The Morgan fingerprint density at radius 3 is 2.03 bits per heavy atom. The summed E-state index contributed by atoms with van der Waals surface area (Å²) in [4.78, 5) is 40.6. The van der Waals surface area contributed by atoms with Gasteiger partial charge in [0, 0.05) is 65.7 Å².